The zero-order valence-electron chi connectivity index (χ0n) is 60.8. The normalized spacial score (nSPS) is 13.9. The maximum Gasteiger partial charge on any atom is 0.222 e. The first kappa shape index (κ1) is 75.8. The molecule has 3 aromatic heterocycles. The second-order valence-electron chi connectivity index (χ2n) is 28.2. The lowest BCUT2D eigenvalue weighted by atomic mass is 9.77. The molecular formula is C85H66N7O26+. The number of fused-ring (bicyclic) bond motifs is 21. The third-order valence-electron chi connectivity index (χ3n) is 21.0. The highest BCUT2D eigenvalue weighted by Gasteiger charge is 2.44. The van der Waals surface area contributed by atoms with Crippen LogP contribution in [0.25, 0.3) is 87.1 Å². The average molecular weight is 1600 g/mol. The molecule has 5 aliphatic rings. The summed E-state index contributed by atoms with van der Waals surface area (Å²) >= 11 is 0. The third kappa shape index (κ3) is 12.9. The van der Waals surface area contributed by atoms with E-state index in [1.54, 1.807) is 42.7 Å². The number of aromatic amines is 1. The fraction of sp³-hybridized carbons (Fsp3) is 0.0706. The maximum absolute atomic E-state index is 11.6. The molecule has 0 saturated carbocycles. The van der Waals surface area contributed by atoms with Crippen molar-refractivity contribution in [3.05, 3.63) is 208 Å². The molecule has 21 rings (SSSR count). The number of hydrogen-bond acceptors (Lipinski definition) is 31. The number of aromatic hydroxyl groups is 22. The number of hydrogen-bond donors (Lipinski definition) is 26. The van der Waals surface area contributed by atoms with Crippen molar-refractivity contribution in [3.63, 3.8) is 0 Å². The molecule has 1 aliphatic carbocycles. The van der Waals surface area contributed by atoms with Gasteiger partial charge in [-0.25, -0.2) is 15.3 Å². The van der Waals surface area contributed by atoms with Crippen LogP contribution in [0, 0.1) is 0 Å². The molecule has 0 unspecified atom stereocenters. The highest BCUT2D eigenvalue weighted by Crippen LogP contribution is 2.59. The van der Waals surface area contributed by atoms with Gasteiger partial charge < -0.3 is 128 Å². The Balaban J connectivity index is 0.000000106. The van der Waals surface area contributed by atoms with Gasteiger partial charge in [0.25, 0.3) is 0 Å². The third-order valence-corrected chi connectivity index (χ3v) is 21.0. The Hall–Kier alpha value is -16.2. The molecule has 16 aromatic rings. The summed E-state index contributed by atoms with van der Waals surface area (Å²) in [6.07, 6.45) is 4.56. The number of ether oxygens (including phenoxy) is 1. The van der Waals surface area contributed by atoms with Gasteiger partial charge in [-0.3, -0.25) is 19.5 Å². The van der Waals surface area contributed by atoms with E-state index in [9.17, 15) is 122 Å². The van der Waals surface area contributed by atoms with Crippen molar-refractivity contribution in [2.45, 2.75) is 25.0 Å². The Labute approximate surface area is 660 Å². The summed E-state index contributed by atoms with van der Waals surface area (Å²) in [6, 6.07) is 37.5. The number of H-pyrrole nitrogens is 1. The first-order valence-corrected chi connectivity index (χ1v) is 35.5. The van der Waals surface area contributed by atoms with Crippen molar-refractivity contribution in [2.75, 3.05) is 24.4 Å². The first-order valence-electron chi connectivity index (χ1n) is 35.5. The number of anilines is 3. The predicted octanol–water partition coefficient (Wildman–Crippen LogP) is 12.4. The Morgan fingerprint density at radius 1 is 0.449 bits per heavy atom. The number of phenols is 22. The van der Waals surface area contributed by atoms with Gasteiger partial charge in [0.05, 0.1) is 40.1 Å². The number of likely N-dealkylation sites (N-methyl/N-ethyl adjacent to an activating group) is 1. The molecule has 33 nitrogen and oxygen atoms in total. The average Bonchev–Trinajstić information content (AvgIpc) is 1.62. The van der Waals surface area contributed by atoms with Crippen LogP contribution in [0.5, 0.6) is 138 Å². The highest BCUT2D eigenvalue weighted by atomic mass is 16.7. The number of nitrogen functional groups attached to an aromatic ring is 1. The minimum Gasteiger partial charge on any atom is -0.508 e. The van der Waals surface area contributed by atoms with E-state index < -0.39 is 34.5 Å². The van der Waals surface area contributed by atoms with Gasteiger partial charge in [0.1, 0.15) is 11.9 Å². The minimum atomic E-state index is -0.494. The van der Waals surface area contributed by atoms with Crippen LogP contribution in [0.4, 0.5) is 28.4 Å². The van der Waals surface area contributed by atoms with Crippen LogP contribution in [-0.4, -0.2) is 151 Å². The van der Waals surface area contributed by atoms with Gasteiger partial charge in [0.2, 0.25) is 16.8 Å². The van der Waals surface area contributed by atoms with Crippen LogP contribution in [-0.2, 0) is 17.7 Å². The van der Waals surface area contributed by atoms with Gasteiger partial charge in [0, 0.05) is 149 Å². The van der Waals surface area contributed by atoms with E-state index in [1.165, 1.54) is 102 Å². The van der Waals surface area contributed by atoms with E-state index in [4.69, 9.17) is 15.3 Å². The summed E-state index contributed by atoms with van der Waals surface area (Å²) in [5.74, 6) is -5.24. The topological polar surface area (TPSA) is 579 Å². The number of benzene rings is 13. The second kappa shape index (κ2) is 28.4. The molecular weight excluding hydrogens is 1530 g/mol. The van der Waals surface area contributed by atoms with Crippen LogP contribution < -0.4 is 26.0 Å². The number of nitrogens with one attached hydrogen (secondary N) is 2. The number of nitrogens with two attached hydrogens (primary N) is 1. The van der Waals surface area contributed by atoms with Gasteiger partial charge in [0.15, 0.2) is 132 Å². The fourth-order valence-corrected chi connectivity index (χ4v) is 15.1. The summed E-state index contributed by atoms with van der Waals surface area (Å²) in [5, 5.41) is 228. The van der Waals surface area contributed by atoms with Crippen molar-refractivity contribution >= 4 is 104 Å². The van der Waals surface area contributed by atoms with Crippen LogP contribution in [0.15, 0.2) is 175 Å². The van der Waals surface area contributed by atoms with Crippen molar-refractivity contribution in [2.24, 2.45) is 0 Å². The fourth-order valence-electron chi connectivity index (χ4n) is 15.1. The zero-order valence-corrected chi connectivity index (χ0v) is 60.8. The maximum atomic E-state index is 11.6. The summed E-state index contributed by atoms with van der Waals surface area (Å²) in [6.45, 7) is 0.958. The van der Waals surface area contributed by atoms with E-state index >= 15 is 0 Å². The number of aromatic nitrogens is 3. The molecule has 0 radical (unpaired) electrons. The molecule has 13 aromatic carbocycles. The first-order chi connectivity index (χ1) is 56.2. The van der Waals surface area contributed by atoms with Crippen LogP contribution in [0.3, 0.4) is 0 Å². The summed E-state index contributed by atoms with van der Waals surface area (Å²) in [5.41, 5.74) is 15.7. The molecule has 2 bridgehead atoms. The van der Waals surface area contributed by atoms with Crippen molar-refractivity contribution < 1.29 is 132 Å². The van der Waals surface area contributed by atoms with Crippen molar-refractivity contribution in [1.29, 1.82) is 0 Å². The smallest absolute Gasteiger partial charge is 0.222 e. The zero-order chi connectivity index (χ0) is 83.8. The predicted molar refractivity (Wildman–Crippen MR) is 427 cm³/mol. The lowest BCUT2D eigenvalue weighted by Crippen LogP contribution is -2.99. The molecule has 0 spiro atoms. The molecule has 4 aliphatic heterocycles. The molecule has 118 heavy (non-hydrogen) atoms. The van der Waals surface area contributed by atoms with Crippen molar-refractivity contribution in [3.8, 4) is 149 Å². The summed E-state index contributed by atoms with van der Waals surface area (Å²) in [4.78, 5) is 31.0. The largest absolute Gasteiger partial charge is 0.508 e. The molecule has 33 heteroatoms. The summed E-state index contributed by atoms with van der Waals surface area (Å²) in [7, 11) is 2.11. The Bertz CT molecular complexity index is 6780. The van der Waals surface area contributed by atoms with Crippen LogP contribution in [0.1, 0.15) is 40.0 Å². The van der Waals surface area contributed by atoms with Gasteiger partial charge in [-0.15, -0.1) is 5.06 Å². The summed E-state index contributed by atoms with van der Waals surface area (Å²) < 4.78 is 5.40. The van der Waals surface area contributed by atoms with Crippen molar-refractivity contribution in [1.82, 2.24) is 19.9 Å². The van der Waals surface area contributed by atoms with Crippen LogP contribution >= 0.6 is 0 Å². The molecule has 1 atom stereocenters. The minimum absolute atomic E-state index is 0.0908. The SMILES string of the molecule is CN1CCc2cc(O)cc3c2[C@H]1Cc1ccc(O)c(O)c1-3.Nc1c2ccc(O)c(O)c2cc2c(O)c(O)ccc12.O=c1cc2ncc3c[nH]c4cc(O)c(O)cc4c3c2cc1O.Oc1cc2c(cc1O)N1OC2c2cc(O)c(O)cc21.Oc1cc2c(cc1O)[NH+](O)c1cc(O)c(O)cc1O2.Oc1cc2cc3c(O)c(O)ccc3nc2cc1O. The molecule has 7 heterocycles. The van der Waals surface area contributed by atoms with E-state index in [2.05, 4.69) is 26.9 Å². The van der Waals surface area contributed by atoms with Gasteiger partial charge in [-0.05, 0) is 139 Å². The number of phenolic OH excluding ortho intramolecular Hbond substituents is 22. The lowest BCUT2D eigenvalue weighted by molar-refractivity contribution is -0.979. The Kier molecular flexibility index (Phi) is 18.3. The Morgan fingerprint density at radius 3 is 1.58 bits per heavy atom. The molecule has 596 valence electrons. The molecule has 0 amide bonds. The van der Waals surface area contributed by atoms with E-state index in [0.29, 0.717) is 98.9 Å². The monoisotopic (exact) mass is 1600 g/mol. The van der Waals surface area contributed by atoms with E-state index in [-0.39, 0.29) is 137 Å². The van der Waals surface area contributed by atoms with Gasteiger partial charge in [-0.1, -0.05) is 6.07 Å². The number of quaternary nitrogens is 1. The quantitative estimate of drug-likeness (QED) is 0.0220. The number of nitrogens with zero attached hydrogens (tertiary/aromatic N) is 4. The molecule has 0 fully saturated rings. The highest BCUT2D eigenvalue weighted by molar-refractivity contribution is 6.19. The van der Waals surface area contributed by atoms with Crippen LogP contribution in [0.2, 0.25) is 0 Å². The van der Waals surface area contributed by atoms with Gasteiger partial charge in [-0.2, -0.15) is 0 Å². The number of rotatable bonds is 0. The van der Waals surface area contributed by atoms with E-state index in [0.717, 1.165) is 71.1 Å². The standard InChI is InChI=1S/C17H17NO3.C16H10N2O4.C14H11NO4.C13H9NO5.C13H9NO4.C12H9NO6/c1-18-5-4-10-6-11(19)8-12-15(10)13(18)7-9-2-3-14(20)17(21)16(9)12;19-12-1-8-10(3-14(12)21)17-5-7-6-18-11-4-15(22)13(20)2-9(11)16(7)8;15-12-6-1-3-10(16)13(18)8(6)5-9-7(12)2-4-11(17)14(9)19;15-9-1-5-7(3-11(9)17)14-8-4-12(18)10(16)2-6(8)13(5)19-14;15-10-2-1-8-7(13(10)18)3-6-4-11(16)12(17)5-9(6)14-8;14-7-1-5-11(3-9(7)16)19-12-4-10(17)8(15)2-6(12)13(5)18/h2-3,6,8,13,19-21H,4-5,7H2,1H3;1-6,17,19-21H;1-5,16-19H,15H2;1-4,13,15-18H;1-5,15-18H;1-4,14-18H/p+1/t13-;;;;;/m1...../s1. The second-order valence-corrected chi connectivity index (χ2v) is 28.2. The van der Waals surface area contributed by atoms with E-state index in [1.807, 2.05) is 12.1 Å². The number of pyridine rings is 3. The Morgan fingerprint density at radius 2 is 0.966 bits per heavy atom. The molecule has 0 saturated heterocycles. The lowest BCUT2D eigenvalue weighted by Gasteiger charge is -2.40. The van der Waals surface area contributed by atoms with Gasteiger partial charge >= 0.3 is 0 Å². The molecule has 27 N–H and O–H groups in total.